The minimum Gasteiger partial charge on any atom is -0.442 e. The molecule has 2 unspecified atom stereocenters. The van der Waals surface area contributed by atoms with Crippen LogP contribution in [-0.2, 0) is 30.9 Å². The maximum absolute atomic E-state index is 13.7. The number of cyclic esters (lactones) is 1. The molecule has 11 heteroatoms. The van der Waals surface area contributed by atoms with E-state index in [0.29, 0.717) is 17.9 Å². The summed E-state index contributed by atoms with van der Waals surface area (Å²) in [4.78, 5) is 11.3. The minimum absolute atomic E-state index is 0.0379. The smallest absolute Gasteiger partial charge is 0.407 e. The van der Waals surface area contributed by atoms with Gasteiger partial charge < -0.3 is 15.4 Å². The third-order valence-electron chi connectivity index (χ3n) is 5.39. The number of alkyl carbamates (subject to hydrolysis) is 1. The van der Waals surface area contributed by atoms with Crippen molar-refractivity contribution in [3.63, 3.8) is 0 Å². The van der Waals surface area contributed by atoms with Crippen LogP contribution in [0.1, 0.15) is 26.3 Å². The van der Waals surface area contributed by atoms with E-state index in [1.54, 1.807) is 12.1 Å². The van der Waals surface area contributed by atoms with Gasteiger partial charge >= 0.3 is 6.09 Å². The monoisotopic (exact) mass is 508 g/mol. The van der Waals surface area contributed by atoms with Crippen LogP contribution in [0.4, 0.5) is 16.2 Å². The van der Waals surface area contributed by atoms with E-state index < -0.39 is 31.9 Å². The molecule has 9 nitrogen and oxygen atoms in total. The molecule has 1 saturated heterocycles. The van der Waals surface area contributed by atoms with Crippen molar-refractivity contribution in [1.29, 1.82) is 4.78 Å². The lowest BCUT2D eigenvalue weighted by Gasteiger charge is -2.27. The molecule has 2 atom stereocenters. The summed E-state index contributed by atoms with van der Waals surface area (Å²) in [5.74, 6) is 0.0651. The summed E-state index contributed by atoms with van der Waals surface area (Å²) in [6, 6.07) is 11.7. The molecule has 3 rings (SSSR count). The highest BCUT2D eigenvalue weighted by molar-refractivity contribution is 7.93. The van der Waals surface area contributed by atoms with Crippen molar-refractivity contribution in [2.75, 3.05) is 35.5 Å². The van der Waals surface area contributed by atoms with E-state index in [1.165, 1.54) is 28.8 Å². The fourth-order valence-electron chi connectivity index (χ4n) is 3.60. The molecule has 1 amide bonds. The average Bonchev–Trinajstić information content (AvgIpc) is 3.20. The molecular weight excluding hydrogens is 476 g/mol. The zero-order valence-electron chi connectivity index (χ0n) is 19.8. The van der Waals surface area contributed by atoms with Gasteiger partial charge in [-0.3, -0.25) is 4.31 Å². The number of anilines is 2. The van der Waals surface area contributed by atoms with Gasteiger partial charge in [0, 0.05) is 12.8 Å². The number of benzene rings is 2. The number of aryl methyl sites for hydroxylation is 1. The fourth-order valence-corrected chi connectivity index (χ4v) is 6.24. The number of carbonyl (C=O) groups excluding carboxylic acids is 1. The van der Waals surface area contributed by atoms with Crippen molar-refractivity contribution < 1.29 is 22.2 Å². The highest BCUT2D eigenvalue weighted by Gasteiger charge is 2.28. The van der Waals surface area contributed by atoms with Crippen molar-refractivity contribution in [3.05, 3.63) is 48.0 Å². The molecule has 1 heterocycles. The van der Waals surface area contributed by atoms with Crippen LogP contribution in [0.15, 0.2) is 52.3 Å². The Balaban J connectivity index is 1.98. The molecular formula is C23H32N4O5S2. The molecule has 0 bridgehead atoms. The van der Waals surface area contributed by atoms with E-state index in [4.69, 9.17) is 9.52 Å². The Bertz CT molecular complexity index is 1240. The zero-order chi connectivity index (χ0) is 25.1. The van der Waals surface area contributed by atoms with E-state index in [-0.39, 0.29) is 28.8 Å². The van der Waals surface area contributed by atoms with Gasteiger partial charge in [0.1, 0.15) is 6.10 Å². The second kappa shape index (κ2) is 10.2. The van der Waals surface area contributed by atoms with Crippen molar-refractivity contribution in [2.45, 2.75) is 43.1 Å². The van der Waals surface area contributed by atoms with Crippen LogP contribution in [0.25, 0.3) is 0 Å². The Labute approximate surface area is 201 Å². The Morgan fingerprint density at radius 1 is 1.18 bits per heavy atom. The van der Waals surface area contributed by atoms with Crippen molar-refractivity contribution in [3.8, 4) is 0 Å². The Morgan fingerprint density at radius 3 is 2.38 bits per heavy atom. The van der Waals surface area contributed by atoms with E-state index in [0.717, 1.165) is 12.0 Å². The summed E-state index contributed by atoms with van der Waals surface area (Å²) < 4.78 is 54.7. The molecule has 0 saturated carbocycles. The van der Waals surface area contributed by atoms with Gasteiger partial charge in [0.2, 0.25) is 0 Å². The van der Waals surface area contributed by atoms with Crippen molar-refractivity contribution in [2.24, 2.45) is 5.92 Å². The molecule has 1 aliphatic heterocycles. The maximum Gasteiger partial charge on any atom is 0.407 e. The van der Waals surface area contributed by atoms with Crippen LogP contribution in [0.3, 0.4) is 0 Å². The lowest BCUT2D eigenvalue weighted by molar-refractivity contribution is 0.145. The summed E-state index contributed by atoms with van der Waals surface area (Å²) in [5, 5.41) is 5.59. The molecule has 0 radical (unpaired) electrons. The highest BCUT2D eigenvalue weighted by Crippen LogP contribution is 2.30. The normalized spacial score (nSPS) is 17.7. The number of hydrogen-bond donors (Lipinski definition) is 3. The largest absolute Gasteiger partial charge is 0.442 e. The van der Waals surface area contributed by atoms with Gasteiger partial charge in [0.05, 0.1) is 44.0 Å². The van der Waals surface area contributed by atoms with E-state index in [9.17, 15) is 17.4 Å². The predicted octanol–water partition coefficient (Wildman–Crippen LogP) is 3.66. The SMILES string of the molecule is CCc1ccc(N(CC(C)C)S(=O)(=O)c2ccc(NCC3CNC(=O)O3)c(S(C)(=N)=O)c2)cc1. The van der Waals surface area contributed by atoms with E-state index >= 15 is 0 Å². The number of hydrogen-bond acceptors (Lipinski definition) is 7. The average molecular weight is 509 g/mol. The van der Waals surface area contributed by atoms with Gasteiger partial charge in [-0.25, -0.2) is 22.2 Å². The minimum atomic E-state index is -3.99. The molecule has 3 N–H and O–H groups in total. The number of amides is 1. The van der Waals surface area contributed by atoms with Crippen LogP contribution < -0.4 is 14.9 Å². The molecule has 34 heavy (non-hydrogen) atoms. The van der Waals surface area contributed by atoms with Crippen LogP contribution in [0, 0.1) is 10.7 Å². The van der Waals surface area contributed by atoms with Crippen LogP contribution in [-0.4, -0.2) is 50.7 Å². The molecule has 0 spiro atoms. The van der Waals surface area contributed by atoms with Gasteiger partial charge in [0.25, 0.3) is 10.0 Å². The number of sulfonamides is 1. The number of rotatable bonds is 10. The van der Waals surface area contributed by atoms with Crippen molar-refractivity contribution >= 4 is 37.2 Å². The van der Waals surface area contributed by atoms with Gasteiger partial charge in [-0.2, -0.15) is 0 Å². The van der Waals surface area contributed by atoms with E-state index in [2.05, 4.69) is 10.6 Å². The molecule has 1 fully saturated rings. The lowest BCUT2D eigenvalue weighted by Crippen LogP contribution is -2.34. The quantitative estimate of drug-likeness (QED) is 0.449. The summed E-state index contributed by atoms with van der Waals surface area (Å²) in [5.41, 5.74) is 2.02. The Hall–Kier alpha value is -2.79. The Morgan fingerprint density at radius 2 is 1.85 bits per heavy atom. The first kappa shape index (κ1) is 25.8. The number of nitrogens with one attached hydrogen (secondary N) is 3. The summed E-state index contributed by atoms with van der Waals surface area (Å²) in [6.07, 6.45) is 1.16. The summed E-state index contributed by atoms with van der Waals surface area (Å²) >= 11 is 0. The molecule has 0 aliphatic carbocycles. The number of nitrogens with zero attached hydrogens (tertiary/aromatic N) is 1. The summed E-state index contributed by atoms with van der Waals surface area (Å²) in [6.45, 7) is 6.74. The Kier molecular flexibility index (Phi) is 7.77. The van der Waals surface area contributed by atoms with Gasteiger partial charge in [-0.1, -0.05) is 32.9 Å². The van der Waals surface area contributed by atoms with Gasteiger partial charge in [-0.15, -0.1) is 0 Å². The standard InChI is InChI=1S/C23H32N4O5S2/c1-5-17-6-8-18(9-7-17)27(15-16(2)3)34(30,31)20-10-11-21(22(12-20)33(4,24)29)25-13-19-14-26-23(28)32-19/h6-12,16,19,24-25H,5,13-15H2,1-4H3,(H,26,28). The van der Waals surface area contributed by atoms with Crippen molar-refractivity contribution in [1.82, 2.24) is 5.32 Å². The summed E-state index contributed by atoms with van der Waals surface area (Å²) in [7, 11) is -7.25. The molecule has 1 aliphatic rings. The topological polar surface area (TPSA) is 129 Å². The third-order valence-corrected chi connectivity index (χ3v) is 8.36. The second-order valence-electron chi connectivity index (χ2n) is 8.74. The first-order valence-corrected chi connectivity index (χ1v) is 14.5. The van der Waals surface area contributed by atoms with Gasteiger partial charge in [0.15, 0.2) is 0 Å². The van der Waals surface area contributed by atoms with E-state index in [1.807, 2.05) is 32.9 Å². The third kappa shape index (κ3) is 6.01. The molecule has 186 valence electrons. The fraction of sp³-hybridized carbons (Fsp3) is 0.435. The molecule has 2 aromatic rings. The predicted molar refractivity (Wildman–Crippen MR) is 133 cm³/mol. The first-order valence-electron chi connectivity index (χ1n) is 11.1. The highest BCUT2D eigenvalue weighted by atomic mass is 32.2. The zero-order valence-corrected chi connectivity index (χ0v) is 21.5. The molecule has 2 aromatic carbocycles. The van der Waals surface area contributed by atoms with Crippen LogP contribution in [0.5, 0.6) is 0 Å². The first-order chi connectivity index (χ1) is 15.9. The lowest BCUT2D eigenvalue weighted by atomic mass is 10.1. The molecule has 0 aromatic heterocycles. The maximum atomic E-state index is 13.7. The van der Waals surface area contributed by atoms with Crippen LogP contribution in [0.2, 0.25) is 0 Å². The second-order valence-corrected chi connectivity index (χ2v) is 12.7. The number of ether oxygens (including phenoxy) is 1. The number of carbonyl (C=O) groups is 1. The van der Waals surface area contributed by atoms with Gasteiger partial charge in [-0.05, 0) is 48.2 Å². The van der Waals surface area contributed by atoms with Crippen LogP contribution >= 0.6 is 0 Å².